The monoisotopic (exact) mass is 618 g/mol. The number of carbonyl (C=O) groups excluding carboxylic acids is 2. The summed E-state index contributed by atoms with van der Waals surface area (Å²) >= 11 is 0. The highest BCUT2D eigenvalue weighted by Gasteiger charge is 2.49. The van der Waals surface area contributed by atoms with Crippen LogP contribution in [0.3, 0.4) is 0 Å². The molecule has 1 aromatic carbocycles. The number of amides is 2. The zero-order valence-corrected chi connectivity index (χ0v) is 28.7. The third-order valence-electron chi connectivity index (χ3n) is 7.96. The number of hydrogen-bond donors (Lipinski definition) is 1. The molecule has 10 nitrogen and oxygen atoms in total. The number of rotatable bonds is 7. The summed E-state index contributed by atoms with van der Waals surface area (Å²) in [4.78, 5) is 42.1. The lowest BCUT2D eigenvalue weighted by molar-refractivity contribution is -0.134. The van der Waals surface area contributed by atoms with Crippen molar-refractivity contribution in [2.45, 2.75) is 110 Å². The van der Waals surface area contributed by atoms with E-state index in [-0.39, 0.29) is 30.1 Å². The summed E-state index contributed by atoms with van der Waals surface area (Å²) in [7, 11) is -1.87. The van der Waals surface area contributed by atoms with Crippen LogP contribution in [-0.2, 0) is 18.7 Å². The molecule has 0 spiro atoms. The van der Waals surface area contributed by atoms with Crippen LogP contribution in [0.15, 0.2) is 29.8 Å². The number of piperazine rings is 1. The minimum absolute atomic E-state index is 0.0226. The maximum atomic E-state index is 13.4. The molecule has 0 radical (unpaired) electrons. The fraction of sp³-hybridized carbons (Fsp3) is 0.656. The highest BCUT2D eigenvalue weighted by Crippen LogP contribution is 2.40. The predicted molar refractivity (Wildman–Crippen MR) is 168 cm³/mol. The van der Waals surface area contributed by atoms with Gasteiger partial charge in [-0.25, -0.2) is 14.4 Å². The number of benzene rings is 1. The van der Waals surface area contributed by atoms with E-state index in [2.05, 4.69) is 33.9 Å². The second-order valence-corrected chi connectivity index (χ2v) is 19.6. The molecule has 2 heterocycles. The minimum atomic E-state index is -1.87. The van der Waals surface area contributed by atoms with E-state index in [0.29, 0.717) is 24.5 Å². The van der Waals surface area contributed by atoms with Crippen molar-refractivity contribution in [3.8, 4) is 5.75 Å². The van der Waals surface area contributed by atoms with E-state index in [4.69, 9.17) is 18.6 Å². The van der Waals surface area contributed by atoms with Gasteiger partial charge in [-0.1, -0.05) is 32.9 Å². The average Bonchev–Trinajstić information content (AvgIpc) is 2.83. The Kier molecular flexibility index (Phi) is 10.0. The van der Waals surface area contributed by atoms with Gasteiger partial charge in [0.15, 0.2) is 8.32 Å². The van der Waals surface area contributed by atoms with Crippen LogP contribution in [0, 0.1) is 0 Å². The first-order valence-corrected chi connectivity index (χ1v) is 17.8. The van der Waals surface area contributed by atoms with Crippen molar-refractivity contribution in [2.24, 2.45) is 0 Å². The Morgan fingerprint density at radius 3 is 1.93 bits per heavy atom. The van der Waals surface area contributed by atoms with E-state index in [1.807, 2.05) is 24.3 Å². The van der Waals surface area contributed by atoms with Gasteiger partial charge >= 0.3 is 18.2 Å². The molecule has 3 rings (SSSR count). The van der Waals surface area contributed by atoms with Crippen LogP contribution in [0.1, 0.15) is 74.3 Å². The van der Waals surface area contributed by atoms with E-state index >= 15 is 0 Å². The van der Waals surface area contributed by atoms with Crippen LogP contribution >= 0.6 is 0 Å². The quantitative estimate of drug-likeness (QED) is 0.270. The van der Waals surface area contributed by atoms with Gasteiger partial charge in [-0.05, 0) is 89.4 Å². The van der Waals surface area contributed by atoms with Crippen LogP contribution in [0.4, 0.5) is 9.59 Å². The van der Waals surface area contributed by atoms with Crippen LogP contribution in [0.25, 0.3) is 5.57 Å². The van der Waals surface area contributed by atoms with Crippen molar-refractivity contribution in [1.82, 2.24) is 9.80 Å². The Balaban J connectivity index is 1.87. The molecular formula is C32H50N2O8Si. The summed E-state index contributed by atoms with van der Waals surface area (Å²) in [6.07, 6.45) is -0.914. The molecule has 2 aliphatic heterocycles. The molecule has 11 heteroatoms. The molecule has 1 N–H and O–H groups in total. The molecule has 2 amide bonds. The fourth-order valence-corrected chi connectivity index (χ4v) is 5.97. The van der Waals surface area contributed by atoms with Gasteiger partial charge < -0.3 is 28.6 Å². The van der Waals surface area contributed by atoms with Crippen LogP contribution in [-0.4, -0.2) is 91.0 Å². The van der Waals surface area contributed by atoms with E-state index < -0.39 is 49.8 Å². The van der Waals surface area contributed by atoms with E-state index in [1.165, 1.54) is 9.80 Å². The van der Waals surface area contributed by atoms with Gasteiger partial charge in [0.1, 0.15) is 23.6 Å². The summed E-state index contributed by atoms with van der Waals surface area (Å²) in [5.74, 6) is -0.497. The first kappa shape index (κ1) is 34.4. The minimum Gasteiger partial charge on any atom is -0.491 e. The molecule has 0 aromatic heterocycles. The third-order valence-corrected chi connectivity index (χ3v) is 12.5. The van der Waals surface area contributed by atoms with Gasteiger partial charge in [-0.2, -0.15) is 0 Å². The lowest BCUT2D eigenvalue weighted by Crippen LogP contribution is -2.65. The standard InChI is InChI=1S/C32H50N2O8Si/c1-30(2,3)41-28(37)33-19-22-18-24(26(27(35)36)25(20-33)34(22)29(38)42-31(4,5)6)21-12-14-23(15-13-21)39-16-17-40-43(10,11)32(7,8)9/h12-15,22,25H,16-20H2,1-11H3,(H,35,36). The lowest BCUT2D eigenvalue weighted by atomic mass is 9.82. The molecule has 43 heavy (non-hydrogen) atoms. The zero-order chi connectivity index (χ0) is 32.5. The Labute approximate surface area is 257 Å². The van der Waals surface area contributed by atoms with Gasteiger partial charge in [0.25, 0.3) is 0 Å². The summed E-state index contributed by atoms with van der Waals surface area (Å²) in [6, 6.07) is 5.90. The number of hydrogen-bond acceptors (Lipinski definition) is 7. The number of ether oxygens (including phenoxy) is 3. The molecule has 2 aliphatic rings. The van der Waals surface area contributed by atoms with Crippen LogP contribution < -0.4 is 4.74 Å². The molecule has 1 saturated heterocycles. The maximum Gasteiger partial charge on any atom is 0.411 e. The molecule has 1 fully saturated rings. The van der Waals surface area contributed by atoms with Crippen molar-refractivity contribution in [3.05, 3.63) is 35.4 Å². The van der Waals surface area contributed by atoms with Crippen molar-refractivity contribution in [1.29, 1.82) is 0 Å². The molecule has 2 bridgehead atoms. The summed E-state index contributed by atoms with van der Waals surface area (Å²) < 4.78 is 23.4. The van der Waals surface area contributed by atoms with Crippen LogP contribution in [0.2, 0.25) is 18.1 Å². The first-order chi connectivity index (χ1) is 19.6. The van der Waals surface area contributed by atoms with Crippen molar-refractivity contribution in [3.63, 3.8) is 0 Å². The van der Waals surface area contributed by atoms with Gasteiger partial charge in [-0.15, -0.1) is 0 Å². The summed E-state index contributed by atoms with van der Waals surface area (Å²) in [5, 5.41) is 10.6. The van der Waals surface area contributed by atoms with Crippen molar-refractivity contribution >= 4 is 32.0 Å². The number of aliphatic carboxylic acids is 1. The molecule has 2 unspecified atom stereocenters. The molecule has 240 valence electrons. The molecule has 2 atom stereocenters. The van der Waals surface area contributed by atoms with Gasteiger partial charge in [0, 0.05) is 13.1 Å². The molecule has 0 saturated carbocycles. The Bertz CT molecular complexity index is 1220. The summed E-state index contributed by atoms with van der Waals surface area (Å²) in [5.41, 5.74) is -0.0707. The van der Waals surface area contributed by atoms with Crippen molar-refractivity contribution < 1.29 is 38.1 Å². The maximum absolute atomic E-state index is 13.4. The van der Waals surface area contributed by atoms with E-state index in [0.717, 1.165) is 5.56 Å². The summed E-state index contributed by atoms with van der Waals surface area (Å²) in [6.45, 7) is 22.7. The topological polar surface area (TPSA) is 115 Å². The first-order valence-electron chi connectivity index (χ1n) is 14.9. The fourth-order valence-electron chi connectivity index (χ4n) is 4.94. The third kappa shape index (κ3) is 8.75. The average molecular weight is 619 g/mol. The molecular weight excluding hydrogens is 568 g/mol. The number of carboxylic acids is 1. The Morgan fingerprint density at radius 1 is 0.860 bits per heavy atom. The number of carbonyl (C=O) groups is 3. The Morgan fingerprint density at radius 2 is 1.42 bits per heavy atom. The van der Waals surface area contributed by atoms with Crippen LogP contribution in [0.5, 0.6) is 5.75 Å². The van der Waals surface area contributed by atoms with Crippen molar-refractivity contribution in [2.75, 3.05) is 26.3 Å². The van der Waals surface area contributed by atoms with E-state index in [1.54, 1.807) is 41.5 Å². The highest BCUT2D eigenvalue weighted by atomic mass is 28.4. The largest absolute Gasteiger partial charge is 0.491 e. The Hall–Kier alpha value is -3.05. The number of fused-ring (bicyclic) bond motifs is 2. The SMILES string of the molecule is CC(C)(C)OC(=O)N1CC2CC(c3ccc(OCCO[Si](C)(C)C(C)(C)C)cc3)=C(C(=O)O)C(C1)N2C(=O)OC(C)(C)C. The van der Waals surface area contributed by atoms with Gasteiger partial charge in [-0.3, -0.25) is 4.90 Å². The highest BCUT2D eigenvalue weighted by molar-refractivity contribution is 6.74. The predicted octanol–water partition coefficient (Wildman–Crippen LogP) is 6.55. The normalized spacial score (nSPS) is 19.7. The molecule has 1 aromatic rings. The molecule has 0 aliphatic carbocycles. The number of nitrogens with zero attached hydrogens (tertiary/aromatic N) is 2. The van der Waals surface area contributed by atoms with Gasteiger partial charge in [0.2, 0.25) is 0 Å². The van der Waals surface area contributed by atoms with Gasteiger partial charge in [0.05, 0.1) is 24.3 Å². The van der Waals surface area contributed by atoms with E-state index in [9.17, 15) is 19.5 Å². The smallest absolute Gasteiger partial charge is 0.411 e. The second-order valence-electron chi connectivity index (χ2n) is 14.8. The second kappa shape index (κ2) is 12.5. The zero-order valence-electron chi connectivity index (χ0n) is 27.7. The number of carboxylic acid groups (broad SMARTS) is 1. The lowest BCUT2D eigenvalue weighted by Gasteiger charge is -2.50.